The van der Waals surface area contributed by atoms with Gasteiger partial charge in [0, 0.05) is 26.2 Å². The van der Waals surface area contributed by atoms with Gasteiger partial charge in [0.2, 0.25) is 0 Å². The summed E-state index contributed by atoms with van der Waals surface area (Å²) in [5, 5.41) is 4.03. The van der Waals surface area contributed by atoms with Gasteiger partial charge in [-0.1, -0.05) is 0 Å². The van der Waals surface area contributed by atoms with E-state index in [9.17, 15) is 4.79 Å². The monoisotopic (exact) mass is 196 g/mol. The molecule has 0 aliphatic heterocycles. The zero-order valence-electron chi connectivity index (χ0n) is 8.82. The highest BCUT2D eigenvalue weighted by atomic mass is 16.2. The quantitative estimate of drug-likeness (QED) is 0.765. The topological polar surface area (TPSA) is 64.2 Å². The molecule has 0 aliphatic carbocycles. The number of aryl methyl sites for hydroxylation is 1. The fourth-order valence-corrected chi connectivity index (χ4v) is 1.26. The Morgan fingerprint density at radius 1 is 1.57 bits per heavy atom. The molecule has 0 saturated heterocycles. The SMILES string of the molecule is CCN(CC)C(=O)c1cc(N)n(C)n1. The number of hydrogen-bond donors (Lipinski definition) is 1. The molecule has 0 fully saturated rings. The highest BCUT2D eigenvalue weighted by molar-refractivity contribution is 5.92. The van der Waals surface area contributed by atoms with Crippen LogP contribution >= 0.6 is 0 Å². The number of nitrogen functional groups attached to an aromatic ring is 1. The van der Waals surface area contributed by atoms with Crippen LogP contribution in [-0.4, -0.2) is 33.7 Å². The molecule has 0 saturated carbocycles. The maximum absolute atomic E-state index is 11.8. The standard InChI is InChI=1S/C9H16N4O/c1-4-13(5-2)9(14)7-6-8(10)12(3)11-7/h6H,4-5,10H2,1-3H3. The van der Waals surface area contributed by atoms with Gasteiger partial charge in [-0.2, -0.15) is 5.10 Å². The molecule has 14 heavy (non-hydrogen) atoms. The summed E-state index contributed by atoms with van der Waals surface area (Å²) in [6.07, 6.45) is 0. The molecule has 0 radical (unpaired) electrons. The van der Waals surface area contributed by atoms with Gasteiger partial charge in [-0.3, -0.25) is 9.48 Å². The minimum Gasteiger partial charge on any atom is -0.384 e. The Balaban J connectivity index is 2.88. The third kappa shape index (κ3) is 1.86. The Hall–Kier alpha value is -1.52. The van der Waals surface area contributed by atoms with Crippen molar-refractivity contribution in [3.05, 3.63) is 11.8 Å². The van der Waals surface area contributed by atoms with E-state index in [4.69, 9.17) is 5.73 Å². The number of carbonyl (C=O) groups excluding carboxylic acids is 1. The van der Waals surface area contributed by atoms with Gasteiger partial charge >= 0.3 is 0 Å². The van der Waals surface area contributed by atoms with Gasteiger partial charge in [0.05, 0.1) is 0 Å². The predicted octanol–water partition coefficient (Wildman–Crippen LogP) is 0.484. The van der Waals surface area contributed by atoms with Crippen LogP contribution in [-0.2, 0) is 7.05 Å². The van der Waals surface area contributed by atoms with Crippen LogP contribution in [0.25, 0.3) is 0 Å². The van der Waals surface area contributed by atoms with E-state index in [2.05, 4.69) is 5.10 Å². The van der Waals surface area contributed by atoms with Crippen LogP contribution in [0.5, 0.6) is 0 Å². The van der Waals surface area contributed by atoms with Crippen molar-refractivity contribution in [3.63, 3.8) is 0 Å². The second-order valence-electron chi connectivity index (χ2n) is 3.06. The maximum Gasteiger partial charge on any atom is 0.274 e. The lowest BCUT2D eigenvalue weighted by molar-refractivity contribution is 0.0766. The second kappa shape index (κ2) is 4.13. The first kappa shape index (κ1) is 10.6. The molecule has 0 aliphatic rings. The molecule has 0 aromatic carbocycles. The molecule has 1 aromatic heterocycles. The van der Waals surface area contributed by atoms with Crippen molar-refractivity contribution in [3.8, 4) is 0 Å². The molecule has 0 spiro atoms. The highest BCUT2D eigenvalue weighted by Gasteiger charge is 2.16. The fraction of sp³-hybridized carbons (Fsp3) is 0.556. The van der Waals surface area contributed by atoms with E-state index in [0.717, 1.165) is 0 Å². The van der Waals surface area contributed by atoms with Crippen LogP contribution in [0.15, 0.2) is 6.07 Å². The molecular weight excluding hydrogens is 180 g/mol. The highest BCUT2D eigenvalue weighted by Crippen LogP contribution is 2.07. The van der Waals surface area contributed by atoms with Crippen molar-refractivity contribution in [2.45, 2.75) is 13.8 Å². The Labute approximate surface area is 83.5 Å². The fourth-order valence-electron chi connectivity index (χ4n) is 1.26. The minimum absolute atomic E-state index is 0.0673. The summed E-state index contributed by atoms with van der Waals surface area (Å²) >= 11 is 0. The Bertz CT molecular complexity index is 308. The average molecular weight is 196 g/mol. The van der Waals surface area contributed by atoms with E-state index < -0.39 is 0 Å². The number of aromatic nitrogens is 2. The zero-order valence-corrected chi connectivity index (χ0v) is 8.82. The lowest BCUT2D eigenvalue weighted by Crippen LogP contribution is -2.30. The number of anilines is 1. The maximum atomic E-state index is 11.8. The van der Waals surface area contributed by atoms with Crippen molar-refractivity contribution in [2.75, 3.05) is 18.8 Å². The van der Waals surface area contributed by atoms with Crippen LogP contribution in [0, 0.1) is 0 Å². The molecular formula is C9H16N4O. The first-order valence-corrected chi connectivity index (χ1v) is 4.68. The normalized spacial score (nSPS) is 10.2. The van der Waals surface area contributed by atoms with Crippen LogP contribution < -0.4 is 5.73 Å². The van der Waals surface area contributed by atoms with E-state index >= 15 is 0 Å². The Kier molecular flexibility index (Phi) is 3.11. The third-order valence-corrected chi connectivity index (χ3v) is 2.19. The molecule has 0 atom stereocenters. The van der Waals surface area contributed by atoms with E-state index in [-0.39, 0.29) is 5.91 Å². The molecule has 1 amide bonds. The van der Waals surface area contributed by atoms with E-state index in [0.29, 0.717) is 24.6 Å². The van der Waals surface area contributed by atoms with E-state index in [1.54, 1.807) is 18.0 Å². The first-order chi connectivity index (χ1) is 6.60. The molecule has 1 aromatic rings. The largest absolute Gasteiger partial charge is 0.384 e. The molecule has 1 rings (SSSR count). The first-order valence-electron chi connectivity index (χ1n) is 4.68. The summed E-state index contributed by atoms with van der Waals surface area (Å²) in [6, 6.07) is 1.60. The molecule has 0 unspecified atom stereocenters. The van der Waals surface area contributed by atoms with Crippen LogP contribution in [0.1, 0.15) is 24.3 Å². The molecule has 5 heteroatoms. The molecule has 5 nitrogen and oxygen atoms in total. The predicted molar refractivity (Wildman–Crippen MR) is 54.9 cm³/mol. The summed E-state index contributed by atoms with van der Waals surface area (Å²) < 4.78 is 1.50. The van der Waals surface area contributed by atoms with Crippen LogP contribution in [0.3, 0.4) is 0 Å². The van der Waals surface area contributed by atoms with Crippen molar-refractivity contribution >= 4 is 11.7 Å². The van der Waals surface area contributed by atoms with Crippen LogP contribution in [0.2, 0.25) is 0 Å². The Morgan fingerprint density at radius 3 is 2.50 bits per heavy atom. The molecule has 0 bridgehead atoms. The van der Waals surface area contributed by atoms with Crippen molar-refractivity contribution in [1.29, 1.82) is 0 Å². The summed E-state index contributed by atoms with van der Waals surface area (Å²) in [5.41, 5.74) is 6.00. The molecule has 1 heterocycles. The van der Waals surface area contributed by atoms with Gasteiger partial charge in [-0.25, -0.2) is 0 Å². The van der Waals surface area contributed by atoms with Crippen molar-refractivity contribution in [1.82, 2.24) is 14.7 Å². The lowest BCUT2D eigenvalue weighted by Gasteiger charge is -2.16. The summed E-state index contributed by atoms with van der Waals surface area (Å²) in [7, 11) is 1.72. The third-order valence-electron chi connectivity index (χ3n) is 2.19. The number of hydrogen-bond acceptors (Lipinski definition) is 3. The number of rotatable bonds is 3. The van der Waals surface area contributed by atoms with E-state index in [1.807, 2.05) is 13.8 Å². The number of nitrogens with zero attached hydrogens (tertiary/aromatic N) is 3. The number of carbonyl (C=O) groups is 1. The van der Waals surface area contributed by atoms with Gasteiger partial charge in [-0.15, -0.1) is 0 Å². The minimum atomic E-state index is -0.0673. The van der Waals surface area contributed by atoms with Gasteiger partial charge in [-0.05, 0) is 13.8 Å². The summed E-state index contributed by atoms with van der Waals surface area (Å²) in [5.74, 6) is 0.433. The number of amides is 1. The average Bonchev–Trinajstić information content (AvgIpc) is 2.49. The van der Waals surface area contributed by atoms with Crippen molar-refractivity contribution < 1.29 is 4.79 Å². The second-order valence-corrected chi connectivity index (χ2v) is 3.06. The Morgan fingerprint density at radius 2 is 2.14 bits per heavy atom. The zero-order chi connectivity index (χ0) is 10.7. The molecule has 78 valence electrons. The smallest absolute Gasteiger partial charge is 0.274 e. The summed E-state index contributed by atoms with van der Waals surface area (Å²) in [6.45, 7) is 5.25. The molecule has 2 N–H and O–H groups in total. The van der Waals surface area contributed by atoms with Gasteiger partial charge in [0.1, 0.15) is 5.82 Å². The van der Waals surface area contributed by atoms with Crippen molar-refractivity contribution in [2.24, 2.45) is 7.05 Å². The van der Waals surface area contributed by atoms with Gasteiger partial charge in [0.15, 0.2) is 5.69 Å². The van der Waals surface area contributed by atoms with Gasteiger partial charge < -0.3 is 10.6 Å². The van der Waals surface area contributed by atoms with Gasteiger partial charge in [0.25, 0.3) is 5.91 Å². The van der Waals surface area contributed by atoms with Crippen LogP contribution in [0.4, 0.5) is 5.82 Å². The number of nitrogens with two attached hydrogens (primary N) is 1. The summed E-state index contributed by atoms with van der Waals surface area (Å²) in [4.78, 5) is 13.5. The lowest BCUT2D eigenvalue weighted by atomic mass is 10.3. The van der Waals surface area contributed by atoms with E-state index in [1.165, 1.54) is 4.68 Å².